The third-order valence-electron chi connectivity index (χ3n) is 1.78. The summed E-state index contributed by atoms with van der Waals surface area (Å²) in [4.78, 5) is 10.8. The number of phenols is 1. The summed E-state index contributed by atoms with van der Waals surface area (Å²) in [7, 11) is 0. The van der Waals surface area contributed by atoms with Gasteiger partial charge < -0.3 is 9.84 Å². The largest absolute Gasteiger partial charge is 0.508 e. The van der Waals surface area contributed by atoms with Crippen LogP contribution in [0.3, 0.4) is 0 Å². The summed E-state index contributed by atoms with van der Waals surface area (Å²) >= 11 is 3.25. The van der Waals surface area contributed by atoms with Gasteiger partial charge in [0.05, 0.1) is 0 Å². The average Bonchev–Trinajstić information content (AvgIpc) is 2.10. The van der Waals surface area contributed by atoms with E-state index in [-0.39, 0.29) is 11.7 Å². The first kappa shape index (κ1) is 11.0. The Morgan fingerprint density at radius 1 is 1.57 bits per heavy atom. The van der Waals surface area contributed by atoms with Crippen LogP contribution in [0.5, 0.6) is 11.5 Å². The van der Waals surface area contributed by atoms with Gasteiger partial charge in [-0.15, -0.1) is 0 Å². The summed E-state index contributed by atoms with van der Waals surface area (Å²) in [5.41, 5.74) is 1.44. The third-order valence-corrected chi connectivity index (χ3v) is 2.38. The molecule has 0 radical (unpaired) electrons. The van der Waals surface area contributed by atoms with Crippen LogP contribution >= 0.6 is 15.9 Å². The second-order valence-electron chi connectivity index (χ2n) is 2.97. The number of phenolic OH excluding ortho intramolecular Hbond substituents is 1. The van der Waals surface area contributed by atoms with E-state index in [0.717, 1.165) is 5.56 Å². The number of hydrogen-bond donors (Lipinski definition) is 1. The molecule has 14 heavy (non-hydrogen) atoms. The zero-order valence-electron chi connectivity index (χ0n) is 8.00. The predicted octanol–water partition coefficient (Wildman–Crippen LogP) is 2.52. The van der Waals surface area contributed by atoms with E-state index in [9.17, 15) is 9.90 Å². The number of carbonyl (C=O) groups is 1. The average molecular weight is 259 g/mol. The van der Waals surface area contributed by atoms with Crippen LogP contribution in [0, 0.1) is 6.92 Å². The van der Waals surface area contributed by atoms with Gasteiger partial charge in [-0.25, -0.2) is 0 Å². The highest BCUT2D eigenvalue weighted by Gasteiger charge is 2.08. The van der Waals surface area contributed by atoms with Crippen molar-refractivity contribution in [2.45, 2.75) is 19.2 Å². The number of ether oxygens (including phenoxy) is 1. The Labute approximate surface area is 90.8 Å². The summed E-state index contributed by atoms with van der Waals surface area (Å²) in [5.74, 6) is 0.331. The van der Waals surface area contributed by atoms with Crippen molar-refractivity contribution in [2.75, 3.05) is 0 Å². The van der Waals surface area contributed by atoms with Gasteiger partial charge in [0.1, 0.15) is 11.5 Å². The monoisotopic (exact) mass is 258 g/mol. The molecule has 0 aromatic heterocycles. The van der Waals surface area contributed by atoms with E-state index in [1.54, 1.807) is 19.1 Å². The fourth-order valence-electron chi connectivity index (χ4n) is 1.07. The van der Waals surface area contributed by atoms with Crippen molar-refractivity contribution >= 4 is 21.9 Å². The number of hydrogen-bond acceptors (Lipinski definition) is 3. The van der Waals surface area contributed by atoms with E-state index in [0.29, 0.717) is 16.6 Å². The van der Waals surface area contributed by atoms with E-state index in [1.807, 2.05) is 0 Å². The second-order valence-corrected chi connectivity index (χ2v) is 3.53. The van der Waals surface area contributed by atoms with Gasteiger partial charge >= 0.3 is 5.97 Å². The first-order valence-corrected chi connectivity index (χ1v) is 5.23. The molecule has 0 aliphatic rings. The molecule has 0 saturated carbocycles. The number of alkyl halides is 1. The lowest BCUT2D eigenvalue weighted by Gasteiger charge is -2.09. The van der Waals surface area contributed by atoms with Crippen LogP contribution in [-0.2, 0) is 10.1 Å². The maximum absolute atomic E-state index is 10.8. The number of halogens is 1. The Morgan fingerprint density at radius 2 is 2.21 bits per heavy atom. The Morgan fingerprint density at radius 3 is 2.71 bits per heavy atom. The lowest BCUT2D eigenvalue weighted by atomic mass is 10.1. The fraction of sp³-hybridized carbons (Fsp3) is 0.300. The highest BCUT2D eigenvalue weighted by atomic mass is 79.9. The standard InChI is InChI=1S/C10H11BrO3/c1-6-3-10(14-7(2)12)8(5-11)4-9(6)13/h3-4,13H,5H2,1-2H3. The summed E-state index contributed by atoms with van der Waals surface area (Å²) in [6, 6.07) is 3.23. The molecular formula is C10H11BrO3. The van der Waals surface area contributed by atoms with Gasteiger partial charge in [0.25, 0.3) is 0 Å². The molecule has 0 unspecified atom stereocenters. The van der Waals surface area contributed by atoms with Crippen LogP contribution in [0.4, 0.5) is 0 Å². The molecule has 0 bridgehead atoms. The minimum Gasteiger partial charge on any atom is -0.508 e. The second kappa shape index (κ2) is 4.46. The van der Waals surface area contributed by atoms with Crippen LogP contribution in [-0.4, -0.2) is 11.1 Å². The smallest absolute Gasteiger partial charge is 0.308 e. The van der Waals surface area contributed by atoms with Crippen molar-refractivity contribution in [1.82, 2.24) is 0 Å². The number of carbonyl (C=O) groups excluding carboxylic acids is 1. The van der Waals surface area contributed by atoms with Crippen LogP contribution in [0.2, 0.25) is 0 Å². The molecule has 3 nitrogen and oxygen atoms in total. The maximum atomic E-state index is 10.8. The van der Waals surface area contributed by atoms with Crippen LogP contribution in [0.1, 0.15) is 18.1 Å². The molecule has 0 atom stereocenters. The lowest BCUT2D eigenvalue weighted by molar-refractivity contribution is -0.131. The quantitative estimate of drug-likeness (QED) is 0.504. The number of benzene rings is 1. The minimum absolute atomic E-state index is 0.204. The van der Waals surface area contributed by atoms with Crippen molar-refractivity contribution in [3.63, 3.8) is 0 Å². The van der Waals surface area contributed by atoms with E-state index in [2.05, 4.69) is 15.9 Å². The van der Waals surface area contributed by atoms with E-state index in [1.165, 1.54) is 6.92 Å². The number of esters is 1. The SMILES string of the molecule is CC(=O)Oc1cc(C)c(O)cc1CBr. The summed E-state index contributed by atoms with van der Waals surface area (Å²) in [6.45, 7) is 3.10. The van der Waals surface area contributed by atoms with E-state index >= 15 is 0 Å². The highest BCUT2D eigenvalue weighted by molar-refractivity contribution is 9.08. The third kappa shape index (κ3) is 2.48. The number of aryl methyl sites for hydroxylation is 1. The molecule has 0 fully saturated rings. The fourth-order valence-corrected chi connectivity index (χ4v) is 1.51. The zero-order chi connectivity index (χ0) is 10.7. The van der Waals surface area contributed by atoms with Crippen molar-refractivity contribution in [3.05, 3.63) is 23.3 Å². The normalized spacial score (nSPS) is 9.93. The van der Waals surface area contributed by atoms with Crippen molar-refractivity contribution in [3.8, 4) is 11.5 Å². The van der Waals surface area contributed by atoms with Crippen molar-refractivity contribution in [2.24, 2.45) is 0 Å². The molecule has 76 valence electrons. The van der Waals surface area contributed by atoms with Gasteiger partial charge in [-0.1, -0.05) is 15.9 Å². The Hall–Kier alpha value is -1.03. The van der Waals surface area contributed by atoms with Crippen molar-refractivity contribution < 1.29 is 14.6 Å². The molecule has 1 aromatic carbocycles. The highest BCUT2D eigenvalue weighted by Crippen LogP contribution is 2.29. The molecule has 0 heterocycles. The molecule has 0 spiro atoms. The van der Waals surface area contributed by atoms with Gasteiger partial charge in [0.15, 0.2) is 0 Å². The predicted molar refractivity (Wildman–Crippen MR) is 56.8 cm³/mol. The summed E-state index contributed by atoms with van der Waals surface area (Å²) in [6.07, 6.45) is 0. The first-order valence-electron chi connectivity index (χ1n) is 4.11. The van der Waals surface area contributed by atoms with Gasteiger partial charge in [-0.3, -0.25) is 4.79 Å². The topological polar surface area (TPSA) is 46.5 Å². The molecule has 4 heteroatoms. The number of aromatic hydroxyl groups is 1. The maximum Gasteiger partial charge on any atom is 0.308 e. The number of rotatable bonds is 2. The molecule has 1 N–H and O–H groups in total. The molecule has 0 aliphatic heterocycles. The molecule has 1 rings (SSSR count). The summed E-state index contributed by atoms with van der Waals surface area (Å²) < 4.78 is 4.99. The molecule has 0 aliphatic carbocycles. The zero-order valence-corrected chi connectivity index (χ0v) is 9.59. The summed E-state index contributed by atoms with van der Waals surface area (Å²) in [5, 5.41) is 9.96. The minimum atomic E-state index is -0.364. The molecular weight excluding hydrogens is 248 g/mol. The molecule has 0 saturated heterocycles. The van der Waals surface area contributed by atoms with Gasteiger partial charge in [-0.05, 0) is 24.6 Å². The van der Waals surface area contributed by atoms with E-state index < -0.39 is 0 Å². The van der Waals surface area contributed by atoms with Crippen LogP contribution < -0.4 is 4.74 Å². The van der Waals surface area contributed by atoms with Gasteiger partial charge in [-0.2, -0.15) is 0 Å². The van der Waals surface area contributed by atoms with Gasteiger partial charge in [0.2, 0.25) is 0 Å². The van der Waals surface area contributed by atoms with Gasteiger partial charge in [0, 0.05) is 17.8 Å². The van der Waals surface area contributed by atoms with E-state index in [4.69, 9.17) is 4.74 Å². The first-order chi connectivity index (χ1) is 6.54. The Kier molecular flexibility index (Phi) is 3.52. The Balaban J connectivity index is 3.13. The Bertz CT molecular complexity index is 361. The molecule has 0 amide bonds. The van der Waals surface area contributed by atoms with Crippen LogP contribution in [0.25, 0.3) is 0 Å². The lowest BCUT2D eigenvalue weighted by Crippen LogP contribution is -2.03. The molecule has 1 aromatic rings. The van der Waals surface area contributed by atoms with Crippen LogP contribution in [0.15, 0.2) is 12.1 Å². The van der Waals surface area contributed by atoms with Crippen molar-refractivity contribution in [1.29, 1.82) is 0 Å².